The summed E-state index contributed by atoms with van der Waals surface area (Å²) in [5.41, 5.74) is 6.25. The molecule has 2 atom stereocenters. The van der Waals surface area contributed by atoms with Gasteiger partial charge in [-0.1, -0.05) is 52.9 Å². The van der Waals surface area contributed by atoms with Crippen molar-refractivity contribution in [1.82, 2.24) is 0 Å². The Kier molecular flexibility index (Phi) is 4.94. The summed E-state index contributed by atoms with van der Waals surface area (Å²) >= 11 is 0. The second-order valence-electron chi connectivity index (χ2n) is 5.51. The molecule has 1 rings (SSSR count). The number of hydrogen-bond acceptors (Lipinski definition) is 1. The molecule has 1 saturated carbocycles. The van der Waals surface area contributed by atoms with Gasteiger partial charge in [-0.15, -0.1) is 0 Å². The third-order valence-corrected chi connectivity index (χ3v) is 4.06. The van der Waals surface area contributed by atoms with Crippen LogP contribution in [-0.4, -0.2) is 6.04 Å². The summed E-state index contributed by atoms with van der Waals surface area (Å²) in [6.07, 6.45) is 8.45. The van der Waals surface area contributed by atoms with Crippen LogP contribution in [0.2, 0.25) is 0 Å². The van der Waals surface area contributed by atoms with Crippen LogP contribution in [0, 0.1) is 17.8 Å². The Hall–Kier alpha value is -0.0400. The van der Waals surface area contributed by atoms with E-state index < -0.39 is 0 Å². The van der Waals surface area contributed by atoms with Gasteiger partial charge in [-0.05, 0) is 24.2 Å². The molecule has 0 aromatic rings. The van der Waals surface area contributed by atoms with Gasteiger partial charge in [0.15, 0.2) is 0 Å². The van der Waals surface area contributed by atoms with Gasteiger partial charge < -0.3 is 5.73 Å². The Morgan fingerprint density at radius 3 is 2.14 bits per heavy atom. The summed E-state index contributed by atoms with van der Waals surface area (Å²) in [5, 5.41) is 0. The fourth-order valence-corrected chi connectivity index (χ4v) is 2.52. The highest BCUT2D eigenvalue weighted by Crippen LogP contribution is 2.29. The van der Waals surface area contributed by atoms with Crippen LogP contribution in [0.4, 0.5) is 0 Å². The lowest BCUT2D eigenvalue weighted by Crippen LogP contribution is -2.33. The molecule has 1 heteroatoms. The fourth-order valence-electron chi connectivity index (χ4n) is 2.52. The van der Waals surface area contributed by atoms with E-state index in [1.807, 2.05) is 0 Å². The maximum Gasteiger partial charge on any atom is 0.00696 e. The van der Waals surface area contributed by atoms with Gasteiger partial charge in [0.2, 0.25) is 0 Å². The highest BCUT2D eigenvalue weighted by Gasteiger charge is 2.21. The molecule has 0 aromatic carbocycles. The molecule has 0 bridgehead atoms. The van der Waals surface area contributed by atoms with Crippen molar-refractivity contribution in [3.05, 3.63) is 0 Å². The molecular formula is C13H27N. The summed E-state index contributed by atoms with van der Waals surface area (Å²) < 4.78 is 0. The van der Waals surface area contributed by atoms with Crippen molar-refractivity contribution in [2.24, 2.45) is 23.5 Å². The predicted molar refractivity (Wildman–Crippen MR) is 63.2 cm³/mol. The second-order valence-corrected chi connectivity index (χ2v) is 5.51. The van der Waals surface area contributed by atoms with E-state index in [4.69, 9.17) is 5.73 Å². The van der Waals surface area contributed by atoms with Crippen LogP contribution in [-0.2, 0) is 0 Å². The molecule has 0 radical (unpaired) electrons. The van der Waals surface area contributed by atoms with E-state index >= 15 is 0 Å². The first-order valence-electron chi connectivity index (χ1n) is 6.37. The predicted octanol–water partition coefficient (Wildman–Crippen LogP) is 3.58. The summed E-state index contributed by atoms with van der Waals surface area (Å²) in [5.74, 6) is 2.34. The summed E-state index contributed by atoms with van der Waals surface area (Å²) in [4.78, 5) is 0. The summed E-state index contributed by atoms with van der Waals surface area (Å²) in [7, 11) is 0. The van der Waals surface area contributed by atoms with Gasteiger partial charge in [0.25, 0.3) is 0 Å². The number of rotatable bonds is 4. The van der Waals surface area contributed by atoms with Gasteiger partial charge in [-0.2, -0.15) is 0 Å². The zero-order valence-corrected chi connectivity index (χ0v) is 10.1. The second kappa shape index (κ2) is 5.75. The maximum atomic E-state index is 6.25. The van der Waals surface area contributed by atoms with Crippen molar-refractivity contribution < 1.29 is 0 Å². The molecular weight excluding hydrogens is 170 g/mol. The van der Waals surface area contributed by atoms with Crippen molar-refractivity contribution in [3.8, 4) is 0 Å². The molecule has 84 valence electrons. The largest absolute Gasteiger partial charge is 0.327 e. The molecule has 0 aromatic heterocycles. The average Bonchev–Trinajstić information content (AvgIpc) is 2.18. The highest BCUT2D eigenvalue weighted by atomic mass is 14.6. The molecule has 0 amide bonds. The minimum atomic E-state index is 0.429. The highest BCUT2D eigenvalue weighted by molar-refractivity contribution is 4.77. The van der Waals surface area contributed by atoms with Gasteiger partial charge in [-0.25, -0.2) is 0 Å². The zero-order chi connectivity index (χ0) is 10.6. The van der Waals surface area contributed by atoms with Crippen LogP contribution >= 0.6 is 0 Å². The van der Waals surface area contributed by atoms with Gasteiger partial charge in [0, 0.05) is 6.04 Å². The first-order valence-corrected chi connectivity index (χ1v) is 6.37. The van der Waals surface area contributed by atoms with Gasteiger partial charge in [0.1, 0.15) is 0 Å². The standard InChI is InChI=1S/C13H27N/c1-10(2)11(3)13(14)9-12-7-5-4-6-8-12/h10-13H,4-9,14H2,1-3H3. The molecule has 1 nitrogen and oxygen atoms in total. The quantitative estimate of drug-likeness (QED) is 0.732. The fraction of sp³-hybridized carbons (Fsp3) is 1.00. The van der Waals surface area contributed by atoms with Crippen LogP contribution in [0.15, 0.2) is 0 Å². The monoisotopic (exact) mass is 197 g/mol. The third-order valence-electron chi connectivity index (χ3n) is 4.06. The van der Waals surface area contributed by atoms with Crippen LogP contribution in [0.25, 0.3) is 0 Å². The van der Waals surface area contributed by atoms with E-state index in [1.54, 1.807) is 0 Å². The Morgan fingerprint density at radius 2 is 1.64 bits per heavy atom. The lowest BCUT2D eigenvalue weighted by molar-refractivity contribution is 0.257. The average molecular weight is 197 g/mol. The third kappa shape index (κ3) is 3.61. The van der Waals surface area contributed by atoms with Gasteiger partial charge in [-0.3, -0.25) is 0 Å². The van der Waals surface area contributed by atoms with Crippen LogP contribution in [0.5, 0.6) is 0 Å². The van der Waals surface area contributed by atoms with Crippen LogP contribution < -0.4 is 5.73 Å². The van der Waals surface area contributed by atoms with E-state index in [0.29, 0.717) is 12.0 Å². The Balaban J connectivity index is 2.27. The van der Waals surface area contributed by atoms with Crippen molar-refractivity contribution in [1.29, 1.82) is 0 Å². The molecule has 14 heavy (non-hydrogen) atoms. The molecule has 1 aliphatic rings. The Labute approximate surface area is 89.5 Å². The lowest BCUT2D eigenvalue weighted by Gasteiger charge is -2.29. The van der Waals surface area contributed by atoms with Gasteiger partial charge >= 0.3 is 0 Å². The van der Waals surface area contributed by atoms with Crippen molar-refractivity contribution >= 4 is 0 Å². The van der Waals surface area contributed by atoms with E-state index in [0.717, 1.165) is 11.8 Å². The first-order chi connectivity index (χ1) is 6.61. The smallest absolute Gasteiger partial charge is 0.00696 e. The molecule has 1 fully saturated rings. The van der Waals surface area contributed by atoms with E-state index in [-0.39, 0.29) is 0 Å². The molecule has 0 heterocycles. The lowest BCUT2D eigenvalue weighted by atomic mass is 9.80. The maximum absolute atomic E-state index is 6.25. The van der Waals surface area contributed by atoms with E-state index in [2.05, 4.69) is 20.8 Å². The topological polar surface area (TPSA) is 26.0 Å². The van der Waals surface area contributed by atoms with E-state index in [9.17, 15) is 0 Å². The molecule has 2 N–H and O–H groups in total. The number of hydrogen-bond donors (Lipinski definition) is 1. The Bertz CT molecular complexity index is 147. The minimum Gasteiger partial charge on any atom is -0.327 e. The van der Waals surface area contributed by atoms with Crippen molar-refractivity contribution in [2.75, 3.05) is 0 Å². The van der Waals surface area contributed by atoms with Crippen molar-refractivity contribution in [3.63, 3.8) is 0 Å². The summed E-state index contributed by atoms with van der Waals surface area (Å²) in [6, 6.07) is 0.429. The van der Waals surface area contributed by atoms with Crippen LogP contribution in [0.1, 0.15) is 59.3 Å². The molecule has 1 aliphatic carbocycles. The normalized spacial score (nSPS) is 23.8. The zero-order valence-electron chi connectivity index (χ0n) is 10.1. The Morgan fingerprint density at radius 1 is 1.07 bits per heavy atom. The SMILES string of the molecule is CC(C)C(C)C(N)CC1CCCCC1. The molecule has 2 unspecified atom stereocenters. The molecule has 0 spiro atoms. The molecule has 0 saturated heterocycles. The number of nitrogens with two attached hydrogens (primary N) is 1. The van der Waals surface area contributed by atoms with Crippen LogP contribution in [0.3, 0.4) is 0 Å². The van der Waals surface area contributed by atoms with Gasteiger partial charge in [0.05, 0.1) is 0 Å². The van der Waals surface area contributed by atoms with E-state index in [1.165, 1.54) is 38.5 Å². The van der Waals surface area contributed by atoms with Crippen molar-refractivity contribution in [2.45, 2.75) is 65.3 Å². The first kappa shape index (κ1) is 12.0. The minimum absolute atomic E-state index is 0.429. The summed E-state index contributed by atoms with van der Waals surface area (Å²) in [6.45, 7) is 6.87. The molecule has 0 aliphatic heterocycles.